The van der Waals surface area contributed by atoms with Crippen molar-refractivity contribution >= 4 is 5.69 Å². The minimum absolute atomic E-state index is 0.318. The van der Waals surface area contributed by atoms with Gasteiger partial charge in [-0.1, -0.05) is 6.07 Å². The molecule has 0 aromatic heterocycles. The molecular weight excluding hydrogens is 225 g/mol. The SMILES string of the molecule is COc1cc(NCC(OC)OC)ccc1CF. The van der Waals surface area contributed by atoms with Crippen LogP contribution in [0, 0.1) is 0 Å². The molecule has 17 heavy (non-hydrogen) atoms. The Morgan fingerprint density at radius 1 is 1.24 bits per heavy atom. The van der Waals surface area contributed by atoms with Gasteiger partial charge in [0.15, 0.2) is 6.29 Å². The molecule has 1 aromatic rings. The van der Waals surface area contributed by atoms with Gasteiger partial charge in [-0.2, -0.15) is 0 Å². The summed E-state index contributed by atoms with van der Waals surface area (Å²) in [5, 5.41) is 3.12. The minimum Gasteiger partial charge on any atom is -0.496 e. The van der Waals surface area contributed by atoms with Gasteiger partial charge >= 0.3 is 0 Å². The fourth-order valence-corrected chi connectivity index (χ4v) is 1.43. The number of methoxy groups -OCH3 is 3. The lowest BCUT2D eigenvalue weighted by Gasteiger charge is -2.15. The average molecular weight is 243 g/mol. The van der Waals surface area contributed by atoms with E-state index in [4.69, 9.17) is 14.2 Å². The second kappa shape index (κ2) is 7.09. The van der Waals surface area contributed by atoms with Crippen molar-refractivity contribution in [1.82, 2.24) is 0 Å². The van der Waals surface area contributed by atoms with Crippen LogP contribution in [0.1, 0.15) is 5.56 Å². The lowest BCUT2D eigenvalue weighted by molar-refractivity contribution is -0.0914. The summed E-state index contributed by atoms with van der Waals surface area (Å²) < 4.78 is 27.8. The maximum Gasteiger partial charge on any atom is 0.173 e. The van der Waals surface area contributed by atoms with Crippen LogP contribution >= 0.6 is 0 Å². The smallest absolute Gasteiger partial charge is 0.173 e. The molecule has 0 aliphatic carbocycles. The number of anilines is 1. The fraction of sp³-hybridized carbons (Fsp3) is 0.500. The van der Waals surface area contributed by atoms with Crippen molar-refractivity contribution in [3.05, 3.63) is 23.8 Å². The first-order valence-corrected chi connectivity index (χ1v) is 5.27. The molecule has 0 saturated heterocycles. The molecule has 5 heteroatoms. The van der Waals surface area contributed by atoms with Gasteiger partial charge in [0, 0.05) is 31.5 Å². The van der Waals surface area contributed by atoms with Gasteiger partial charge in [0.1, 0.15) is 12.4 Å². The van der Waals surface area contributed by atoms with Gasteiger partial charge in [-0.3, -0.25) is 0 Å². The van der Waals surface area contributed by atoms with Gasteiger partial charge in [0.05, 0.1) is 13.7 Å². The van der Waals surface area contributed by atoms with Crippen LogP contribution in [0.2, 0.25) is 0 Å². The van der Waals surface area contributed by atoms with Crippen LogP contribution in [-0.2, 0) is 16.1 Å². The number of rotatable bonds is 7. The number of alkyl halides is 1. The standard InChI is InChI=1S/C12H18FNO3/c1-15-11-6-10(5-4-9(11)7-13)14-8-12(16-2)17-3/h4-6,12,14H,7-8H2,1-3H3. The van der Waals surface area contributed by atoms with Crippen LogP contribution in [0.4, 0.5) is 10.1 Å². The summed E-state index contributed by atoms with van der Waals surface area (Å²) in [7, 11) is 4.66. The van der Waals surface area contributed by atoms with E-state index in [9.17, 15) is 4.39 Å². The Kier molecular flexibility index (Phi) is 5.72. The van der Waals surface area contributed by atoms with Crippen molar-refractivity contribution < 1.29 is 18.6 Å². The van der Waals surface area contributed by atoms with Crippen LogP contribution < -0.4 is 10.1 Å². The minimum atomic E-state index is -0.539. The van der Waals surface area contributed by atoms with Crippen molar-refractivity contribution in [2.75, 3.05) is 33.2 Å². The van der Waals surface area contributed by atoms with E-state index in [-0.39, 0.29) is 6.29 Å². The first-order valence-electron chi connectivity index (χ1n) is 5.27. The molecule has 0 saturated carbocycles. The molecule has 0 fully saturated rings. The van der Waals surface area contributed by atoms with E-state index < -0.39 is 6.67 Å². The Morgan fingerprint density at radius 3 is 2.47 bits per heavy atom. The molecule has 0 bridgehead atoms. The van der Waals surface area contributed by atoms with E-state index in [1.54, 1.807) is 32.4 Å². The lowest BCUT2D eigenvalue weighted by atomic mass is 10.2. The van der Waals surface area contributed by atoms with Gasteiger partial charge in [-0.25, -0.2) is 4.39 Å². The van der Waals surface area contributed by atoms with Crippen molar-refractivity contribution in [2.24, 2.45) is 0 Å². The van der Waals surface area contributed by atoms with E-state index >= 15 is 0 Å². The maximum absolute atomic E-state index is 12.6. The Bertz CT molecular complexity index is 343. The molecule has 0 unspecified atom stereocenters. The number of nitrogens with one attached hydrogen (secondary N) is 1. The van der Waals surface area contributed by atoms with E-state index in [1.165, 1.54) is 7.11 Å². The molecule has 4 nitrogen and oxygen atoms in total. The van der Waals surface area contributed by atoms with Gasteiger partial charge < -0.3 is 19.5 Å². The first kappa shape index (κ1) is 13.7. The Hall–Kier alpha value is -1.33. The van der Waals surface area contributed by atoms with Crippen LogP contribution in [-0.4, -0.2) is 34.2 Å². The van der Waals surface area contributed by atoms with Gasteiger partial charge in [-0.05, 0) is 6.07 Å². The highest BCUT2D eigenvalue weighted by Gasteiger charge is 2.07. The molecule has 1 N–H and O–H groups in total. The number of halogens is 1. The zero-order valence-electron chi connectivity index (χ0n) is 10.3. The average Bonchev–Trinajstić information content (AvgIpc) is 2.39. The Balaban J connectivity index is 2.66. The topological polar surface area (TPSA) is 39.7 Å². The van der Waals surface area contributed by atoms with Gasteiger partial charge in [0.25, 0.3) is 0 Å². The molecule has 96 valence electrons. The Morgan fingerprint density at radius 2 is 1.94 bits per heavy atom. The van der Waals surface area contributed by atoms with Crippen molar-refractivity contribution in [3.63, 3.8) is 0 Å². The Labute approximate surface area is 101 Å². The highest BCUT2D eigenvalue weighted by Crippen LogP contribution is 2.23. The third kappa shape index (κ3) is 3.87. The predicted octanol–water partition coefficient (Wildman–Crippen LogP) is 2.20. The zero-order valence-corrected chi connectivity index (χ0v) is 10.3. The monoisotopic (exact) mass is 243 g/mol. The fourth-order valence-electron chi connectivity index (χ4n) is 1.43. The van der Waals surface area contributed by atoms with Crippen molar-refractivity contribution in [1.29, 1.82) is 0 Å². The predicted molar refractivity (Wildman–Crippen MR) is 64.1 cm³/mol. The number of ether oxygens (including phenoxy) is 3. The first-order chi connectivity index (χ1) is 8.24. The molecule has 0 amide bonds. The molecule has 0 atom stereocenters. The quantitative estimate of drug-likeness (QED) is 0.745. The second-order valence-corrected chi connectivity index (χ2v) is 3.44. The zero-order chi connectivity index (χ0) is 12.7. The largest absolute Gasteiger partial charge is 0.496 e. The highest BCUT2D eigenvalue weighted by atomic mass is 19.1. The third-order valence-electron chi connectivity index (χ3n) is 2.43. The molecule has 0 spiro atoms. The summed E-state index contributed by atoms with van der Waals surface area (Å²) in [6, 6.07) is 5.23. The van der Waals surface area contributed by atoms with Crippen LogP contribution in [0.25, 0.3) is 0 Å². The highest BCUT2D eigenvalue weighted by molar-refractivity contribution is 5.51. The van der Waals surface area contributed by atoms with Crippen LogP contribution in [0.5, 0.6) is 5.75 Å². The second-order valence-electron chi connectivity index (χ2n) is 3.44. The van der Waals surface area contributed by atoms with Gasteiger partial charge in [0.2, 0.25) is 0 Å². The number of benzene rings is 1. The molecule has 0 aliphatic rings. The summed E-state index contributed by atoms with van der Waals surface area (Å²) >= 11 is 0. The third-order valence-corrected chi connectivity index (χ3v) is 2.43. The summed E-state index contributed by atoms with van der Waals surface area (Å²) in [6.07, 6.45) is -0.318. The number of hydrogen-bond acceptors (Lipinski definition) is 4. The van der Waals surface area contributed by atoms with E-state index in [0.29, 0.717) is 17.9 Å². The van der Waals surface area contributed by atoms with Crippen molar-refractivity contribution in [3.8, 4) is 5.75 Å². The normalized spacial score (nSPS) is 10.6. The molecule has 0 heterocycles. The maximum atomic E-state index is 12.6. The van der Waals surface area contributed by atoms with Crippen LogP contribution in [0.3, 0.4) is 0 Å². The molecule has 1 aromatic carbocycles. The van der Waals surface area contributed by atoms with E-state index in [2.05, 4.69) is 5.32 Å². The van der Waals surface area contributed by atoms with Crippen molar-refractivity contribution in [2.45, 2.75) is 13.0 Å². The van der Waals surface area contributed by atoms with Crippen LogP contribution in [0.15, 0.2) is 18.2 Å². The van der Waals surface area contributed by atoms with E-state index in [1.807, 2.05) is 0 Å². The number of hydrogen-bond donors (Lipinski definition) is 1. The molecular formula is C12H18FNO3. The summed E-state index contributed by atoms with van der Waals surface area (Å²) in [6.45, 7) is -0.0344. The summed E-state index contributed by atoms with van der Waals surface area (Å²) in [5.41, 5.74) is 1.37. The summed E-state index contributed by atoms with van der Waals surface area (Å²) in [4.78, 5) is 0. The van der Waals surface area contributed by atoms with E-state index in [0.717, 1.165) is 5.69 Å². The molecule has 0 radical (unpaired) electrons. The lowest BCUT2D eigenvalue weighted by Crippen LogP contribution is -2.23. The molecule has 0 aliphatic heterocycles. The van der Waals surface area contributed by atoms with Gasteiger partial charge in [-0.15, -0.1) is 0 Å². The molecule has 1 rings (SSSR count). The summed E-state index contributed by atoms with van der Waals surface area (Å²) in [5.74, 6) is 0.531.